The first-order valence-electron chi connectivity index (χ1n) is 8.98. The number of hydrogen-bond donors (Lipinski definition) is 1. The van der Waals surface area contributed by atoms with Gasteiger partial charge in [0.15, 0.2) is 0 Å². The average molecular weight is 473 g/mol. The molecule has 4 rings (SSSR count). The van der Waals surface area contributed by atoms with E-state index < -0.39 is 0 Å². The molecule has 3 aromatic rings. The number of fused-ring (bicyclic) bond motifs is 1. The predicted octanol–water partition coefficient (Wildman–Crippen LogP) is 5.08. The Kier molecular flexibility index (Phi) is 5.23. The van der Waals surface area contributed by atoms with Gasteiger partial charge in [-0.05, 0) is 58.6 Å². The van der Waals surface area contributed by atoms with Crippen molar-refractivity contribution >= 4 is 54.0 Å². The number of nitrogens with zero attached hydrogens (tertiary/aromatic N) is 3. The van der Waals surface area contributed by atoms with E-state index in [9.17, 15) is 9.18 Å². The van der Waals surface area contributed by atoms with Gasteiger partial charge in [0, 0.05) is 15.6 Å². The van der Waals surface area contributed by atoms with Crippen LogP contribution in [0.4, 0.5) is 15.2 Å². The van der Waals surface area contributed by atoms with Crippen molar-refractivity contribution in [2.24, 2.45) is 0 Å². The molecule has 0 saturated carbocycles. The van der Waals surface area contributed by atoms with Crippen LogP contribution in [0.25, 0.3) is 10.1 Å². The van der Waals surface area contributed by atoms with E-state index in [-0.39, 0.29) is 24.7 Å². The summed E-state index contributed by atoms with van der Waals surface area (Å²) in [6, 6.07) is 11.1. The number of carbonyl (C=O) groups excluding carboxylic acids is 1. The van der Waals surface area contributed by atoms with Gasteiger partial charge in [-0.3, -0.25) is 4.79 Å². The minimum atomic E-state index is -0.264. The lowest BCUT2D eigenvalue weighted by Gasteiger charge is -2.24. The van der Waals surface area contributed by atoms with Crippen LogP contribution < -0.4 is 10.6 Å². The van der Waals surface area contributed by atoms with Crippen LogP contribution in [-0.4, -0.2) is 16.1 Å². The second kappa shape index (κ2) is 7.68. The standard InChI is InChI=1S/C21H18BrFN4OS/c1-11-7-13(8-16(23)12(11)2)10-27-17-6-4-3-5-14(17)19(22)15(9-18(27)28)20-25-26-21(24)29-20/h3-8H,9-10H2,1-2H3,(H2,24,26). The van der Waals surface area contributed by atoms with Crippen molar-refractivity contribution in [2.45, 2.75) is 26.8 Å². The minimum absolute atomic E-state index is 0.102. The average Bonchev–Trinajstić information content (AvgIpc) is 3.09. The van der Waals surface area contributed by atoms with Gasteiger partial charge in [-0.2, -0.15) is 0 Å². The van der Waals surface area contributed by atoms with Crippen LogP contribution in [0.15, 0.2) is 36.4 Å². The maximum Gasteiger partial charge on any atom is 0.231 e. The fraction of sp³-hybridized carbons (Fsp3) is 0.190. The van der Waals surface area contributed by atoms with Gasteiger partial charge in [-0.1, -0.05) is 35.6 Å². The highest BCUT2D eigenvalue weighted by Gasteiger charge is 2.29. The Morgan fingerprint density at radius 1 is 1.24 bits per heavy atom. The van der Waals surface area contributed by atoms with E-state index in [0.717, 1.165) is 32.4 Å². The van der Waals surface area contributed by atoms with Gasteiger partial charge in [0.1, 0.15) is 10.8 Å². The van der Waals surface area contributed by atoms with Gasteiger partial charge in [0.05, 0.1) is 18.7 Å². The lowest BCUT2D eigenvalue weighted by atomic mass is 10.0. The second-order valence-corrected chi connectivity index (χ2v) is 8.73. The summed E-state index contributed by atoms with van der Waals surface area (Å²) in [6.07, 6.45) is 0.136. The van der Waals surface area contributed by atoms with E-state index >= 15 is 0 Å². The van der Waals surface area contributed by atoms with E-state index in [1.807, 2.05) is 37.3 Å². The zero-order valence-electron chi connectivity index (χ0n) is 15.9. The summed E-state index contributed by atoms with van der Waals surface area (Å²) in [7, 11) is 0. The van der Waals surface area contributed by atoms with Crippen molar-refractivity contribution in [1.29, 1.82) is 0 Å². The normalized spacial score (nSPS) is 14.2. The number of carbonyl (C=O) groups is 1. The number of amides is 1. The molecular formula is C21H18BrFN4OS. The lowest BCUT2D eigenvalue weighted by Crippen LogP contribution is -2.30. The van der Waals surface area contributed by atoms with Gasteiger partial charge in [0.2, 0.25) is 11.0 Å². The van der Waals surface area contributed by atoms with E-state index in [1.54, 1.807) is 11.8 Å². The molecule has 0 fully saturated rings. The Bertz CT molecular complexity index is 1130. The molecule has 2 heterocycles. The largest absolute Gasteiger partial charge is 0.374 e. The highest BCUT2D eigenvalue weighted by atomic mass is 79.9. The first-order chi connectivity index (χ1) is 13.8. The minimum Gasteiger partial charge on any atom is -0.374 e. The number of nitrogens with two attached hydrogens (primary N) is 1. The van der Waals surface area contributed by atoms with E-state index in [1.165, 1.54) is 17.4 Å². The Morgan fingerprint density at radius 3 is 2.69 bits per heavy atom. The number of rotatable bonds is 3. The molecule has 0 bridgehead atoms. The van der Waals surface area contributed by atoms with Crippen LogP contribution in [0.2, 0.25) is 0 Å². The number of nitrogen functional groups attached to an aromatic ring is 1. The van der Waals surface area contributed by atoms with Gasteiger partial charge in [-0.15, -0.1) is 10.2 Å². The Morgan fingerprint density at radius 2 is 2.00 bits per heavy atom. The smallest absolute Gasteiger partial charge is 0.231 e. The molecule has 2 aromatic carbocycles. The number of para-hydroxylation sites is 1. The molecule has 148 valence electrons. The molecule has 8 heteroatoms. The molecule has 29 heavy (non-hydrogen) atoms. The summed E-state index contributed by atoms with van der Waals surface area (Å²) in [4.78, 5) is 14.9. The Balaban J connectivity index is 1.79. The number of anilines is 2. The maximum atomic E-state index is 14.3. The summed E-state index contributed by atoms with van der Waals surface area (Å²) < 4.78 is 15.1. The summed E-state index contributed by atoms with van der Waals surface area (Å²) in [5, 5.41) is 8.95. The van der Waals surface area contributed by atoms with E-state index in [0.29, 0.717) is 15.7 Å². The maximum absolute atomic E-state index is 14.3. The van der Waals surface area contributed by atoms with Gasteiger partial charge < -0.3 is 10.6 Å². The summed E-state index contributed by atoms with van der Waals surface area (Å²) >= 11 is 4.90. The monoisotopic (exact) mass is 472 g/mol. The third-order valence-electron chi connectivity index (χ3n) is 5.03. The van der Waals surface area contributed by atoms with Crippen LogP contribution in [0.5, 0.6) is 0 Å². The summed E-state index contributed by atoms with van der Waals surface area (Å²) in [5.41, 5.74) is 10.3. The molecule has 0 atom stereocenters. The van der Waals surface area contributed by atoms with Crippen molar-refractivity contribution in [3.05, 3.63) is 69.5 Å². The fourth-order valence-electron chi connectivity index (χ4n) is 3.38. The third-order valence-corrected chi connectivity index (χ3v) is 6.75. The van der Waals surface area contributed by atoms with Crippen molar-refractivity contribution in [3.8, 4) is 0 Å². The zero-order chi connectivity index (χ0) is 20.7. The van der Waals surface area contributed by atoms with Gasteiger partial charge in [-0.25, -0.2) is 4.39 Å². The van der Waals surface area contributed by atoms with Gasteiger partial charge in [0.25, 0.3) is 0 Å². The molecule has 0 spiro atoms. The lowest BCUT2D eigenvalue weighted by molar-refractivity contribution is -0.117. The van der Waals surface area contributed by atoms with Crippen LogP contribution >= 0.6 is 27.3 Å². The van der Waals surface area contributed by atoms with Crippen molar-refractivity contribution in [1.82, 2.24) is 10.2 Å². The van der Waals surface area contributed by atoms with Crippen molar-refractivity contribution < 1.29 is 9.18 Å². The second-order valence-electron chi connectivity index (χ2n) is 6.93. The quantitative estimate of drug-likeness (QED) is 0.576. The molecule has 0 aliphatic carbocycles. The van der Waals surface area contributed by atoms with Gasteiger partial charge >= 0.3 is 0 Å². The first kappa shape index (κ1) is 19.7. The molecular weight excluding hydrogens is 455 g/mol. The molecule has 1 aliphatic rings. The SMILES string of the molecule is Cc1cc(CN2C(=O)CC(c3nnc(N)s3)=C(Br)c3ccccc32)cc(F)c1C. The fourth-order valence-corrected chi connectivity index (χ4v) is 4.83. The van der Waals surface area contributed by atoms with Crippen LogP contribution in [0, 0.1) is 19.7 Å². The topological polar surface area (TPSA) is 72.1 Å². The highest BCUT2D eigenvalue weighted by Crippen LogP contribution is 2.42. The molecule has 0 radical (unpaired) electrons. The molecule has 0 unspecified atom stereocenters. The molecule has 0 saturated heterocycles. The number of halogens is 2. The number of benzene rings is 2. The van der Waals surface area contributed by atoms with Crippen molar-refractivity contribution in [3.63, 3.8) is 0 Å². The van der Waals surface area contributed by atoms with E-state index in [2.05, 4.69) is 26.1 Å². The van der Waals surface area contributed by atoms with E-state index in [4.69, 9.17) is 5.73 Å². The third kappa shape index (κ3) is 3.70. The molecule has 1 aliphatic heterocycles. The Labute approximate surface area is 180 Å². The Hall–Kier alpha value is -2.58. The number of aryl methyl sites for hydroxylation is 1. The van der Waals surface area contributed by atoms with Crippen LogP contribution in [-0.2, 0) is 11.3 Å². The highest BCUT2D eigenvalue weighted by molar-refractivity contribution is 9.15. The number of aromatic nitrogens is 2. The van der Waals surface area contributed by atoms with Crippen LogP contribution in [0.3, 0.4) is 0 Å². The zero-order valence-corrected chi connectivity index (χ0v) is 18.3. The number of hydrogen-bond acceptors (Lipinski definition) is 5. The molecule has 2 N–H and O–H groups in total. The summed E-state index contributed by atoms with van der Waals surface area (Å²) in [6.45, 7) is 3.90. The summed E-state index contributed by atoms with van der Waals surface area (Å²) in [5.74, 6) is -0.366. The first-order valence-corrected chi connectivity index (χ1v) is 10.6. The molecule has 1 amide bonds. The molecule has 1 aromatic heterocycles. The van der Waals surface area contributed by atoms with Crippen LogP contribution in [0.1, 0.15) is 33.7 Å². The molecule has 5 nitrogen and oxygen atoms in total. The van der Waals surface area contributed by atoms with Crippen molar-refractivity contribution in [2.75, 3.05) is 10.6 Å². The predicted molar refractivity (Wildman–Crippen MR) is 118 cm³/mol.